The Morgan fingerprint density at radius 2 is 2.10 bits per heavy atom. The maximum absolute atomic E-state index is 10.1. The van der Waals surface area contributed by atoms with E-state index in [4.69, 9.17) is 5.11 Å². The molecule has 0 spiro atoms. The van der Waals surface area contributed by atoms with Gasteiger partial charge in [-0.3, -0.25) is 10.1 Å². The number of nitro groups is 1. The Morgan fingerprint density at radius 3 is 2.20 bits per heavy atom. The molecule has 0 fully saturated rings. The zero-order valence-electron chi connectivity index (χ0n) is 5.77. The fourth-order valence-corrected chi connectivity index (χ4v) is 0.275. The Kier molecular flexibility index (Phi) is 2.48. The smallest absolute Gasteiger partial charge is 0.248 e. The first kappa shape index (κ1) is 9.03. The van der Waals surface area contributed by atoms with E-state index in [1.54, 1.807) is 0 Å². The summed E-state index contributed by atoms with van der Waals surface area (Å²) in [6, 6.07) is 0. The minimum atomic E-state index is -1.58. The molecule has 1 N–H and O–H groups in total. The molecule has 0 amide bonds. The van der Waals surface area contributed by atoms with Gasteiger partial charge in [0.15, 0.2) is 12.4 Å². The molecular weight excluding hydrogens is 138 g/mol. The molecule has 5 heteroatoms. The van der Waals surface area contributed by atoms with Crippen molar-refractivity contribution in [1.29, 1.82) is 0 Å². The maximum atomic E-state index is 10.1. The van der Waals surface area contributed by atoms with Gasteiger partial charge in [0, 0.05) is 18.8 Å². The van der Waals surface area contributed by atoms with Gasteiger partial charge in [-0.25, -0.2) is 0 Å². The number of aliphatic hydroxyl groups excluding tert-OH is 1. The summed E-state index contributed by atoms with van der Waals surface area (Å²) in [5, 5.41) is 18.9. The topological polar surface area (TPSA) is 80.4 Å². The summed E-state index contributed by atoms with van der Waals surface area (Å²) in [5.74, 6) is 0. The van der Waals surface area contributed by atoms with Crippen LogP contribution >= 0.6 is 0 Å². The third-order valence-electron chi connectivity index (χ3n) is 1.32. The average Bonchev–Trinajstić information content (AvgIpc) is 1.86. The molecule has 0 aromatic heterocycles. The van der Waals surface area contributed by atoms with Gasteiger partial charge in [-0.2, -0.15) is 0 Å². The van der Waals surface area contributed by atoms with E-state index in [9.17, 15) is 14.9 Å². The van der Waals surface area contributed by atoms with Crippen LogP contribution in [-0.2, 0) is 4.79 Å². The van der Waals surface area contributed by atoms with Gasteiger partial charge in [0.25, 0.3) is 0 Å². The lowest BCUT2D eigenvalue weighted by molar-refractivity contribution is -0.569. The van der Waals surface area contributed by atoms with E-state index in [1.165, 1.54) is 13.8 Å². The van der Waals surface area contributed by atoms with Crippen LogP contribution in [0.25, 0.3) is 0 Å². The van der Waals surface area contributed by atoms with Crippen LogP contribution in [0.5, 0.6) is 0 Å². The van der Waals surface area contributed by atoms with Crippen molar-refractivity contribution >= 4 is 6.29 Å². The van der Waals surface area contributed by atoms with Gasteiger partial charge in [0.1, 0.15) is 0 Å². The lowest BCUT2D eigenvalue weighted by atomic mass is 10.00. The van der Waals surface area contributed by atoms with E-state index in [1.807, 2.05) is 0 Å². The number of nitrogens with zero attached hydrogens (tertiary/aromatic N) is 1. The summed E-state index contributed by atoms with van der Waals surface area (Å²) >= 11 is 0. The second-order valence-electron chi connectivity index (χ2n) is 2.49. The molecule has 0 heterocycles. The molecule has 5 nitrogen and oxygen atoms in total. The van der Waals surface area contributed by atoms with Crippen LogP contribution in [0, 0.1) is 10.1 Å². The predicted octanol–water partition coefficient (Wildman–Crippen LogP) is -0.398. The minimum Gasteiger partial charge on any atom is -0.379 e. The molecule has 0 saturated carbocycles. The van der Waals surface area contributed by atoms with Gasteiger partial charge < -0.3 is 9.90 Å². The van der Waals surface area contributed by atoms with Crippen LogP contribution in [0.4, 0.5) is 0 Å². The van der Waals surface area contributed by atoms with Crippen molar-refractivity contribution in [2.75, 3.05) is 0 Å². The molecule has 0 aromatic carbocycles. The van der Waals surface area contributed by atoms with Gasteiger partial charge in [-0.1, -0.05) is 0 Å². The number of hydrogen-bond donors (Lipinski definition) is 1. The Bertz CT molecular complexity index is 154. The summed E-state index contributed by atoms with van der Waals surface area (Å²) in [6.07, 6.45) is -1.38. The molecule has 58 valence electrons. The largest absolute Gasteiger partial charge is 0.379 e. The third-order valence-corrected chi connectivity index (χ3v) is 1.32. The van der Waals surface area contributed by atoms with Crippen molar-refractivity contribution in [3.63, 3.8) is 0 Å². The zero-order valence-corrected chi connectivity index (χ0v) is 5.77. The SMILES string of the molecule is CC(C)(C(O)C=O)[N+](=O)[O-]. The highest BCUT2D eigenvalue weighted by molar-refractivity contribution is 5.57. The Hall–Kier alpha value is -0.970. The highest BCUT2D eigenvalue weighted by atomic mass is 16.6. The summed E-state index contributed by atoms with van der Waals surface area (Å²) in [5.41, 5.74) is -1.58. The van der Waals surface area contributed by atoms with Crippen molar-refractivity contribution in [1.82, 2.24) is 0 Å². The van der Waals surface area contributed by atoms with Crippen molar-refractivity contribution < 1.29 is 14.8 Å². The van der Waals surface area contributed by atoms with E-state index in [0.29, 0.717) is 0 Å². The maximum Gasteiger partial charge on any atom is 0.248 e. The van der Waals surface area contributed by atoms with Crippen LogP contribution < -0.4 is 0 Å². The minimum absolute atomic E-state index is 0.156. The highest BCUT2D eigenvalue weighted by Gasteiger charge is 2.39. The highest BCUT2D eigenvalue weighted by Crippen LogP contribution is 2.11. The first-order chi connectivity index (χ1) is 4.42. The van der Waals surface area contributed by atoms with Crippen LogP contribution in [0.2, 0.25) is 0 Å². The molecule has 1 atom stereocenters. The van der Waals surface area contributed by atoms with Crippen LogP contribution in [0.3, 0.4) is 0 Å². The monoisotopic (exact) mass is 147 g/mol. The molecule has 0 aliphatic heterocycles. The number of aldehydes is 1. The molecule has 0 bridgehead atoms. The van der Waals surface area contributed by atoms with Crippen molar-refractivity contribution in [2.24, 2.45) is 0 Å². The quantitative estimate of drug-likeness (QED) is 0.334. The van der Waals surface area contributed by atoms with E-state index in [0.717, 1.165) is 0 Å². The fraction of sp³-hybridized carbons (Fsp3) is 0.800. The standard InChI is InChI=1S/C5H9NO4/c1-5(2,6(9)10)4(8)3-7/h3-4,8H,1-2H3. The molecule has 0 saturated heterocycles. The average molecular weight is 147 g/mol. The van der Waals surface area contributed by atoms with Crippen LogP contribution in [0.1, 0.15) is 13.8 Å². The molecule has 0 aliphatic carbocycles. The number of rotatable bonds is 3. The van der Waals surface area contributed by atoms with Crippen LogP contribution in [-0.4, -0.2) is 28.0 Å². The molecule has 0 radical (unpaired) electrons. The van der Waals surface area contributed by atoms with E-state index in [2.05, 4.69) is 0 Å². The predicted molar refractivity (Wildman–Crippen MR) is 33.1 cm³/mol. The Morgan fingerprint density at radius 1 is 1.70 bits per heavy atom. The molecule has 1 unspecified atom stereocenters. The van der Waals surface area contributed by atoms with Gasteiger partial charge >= 0.3 is 0 Å². The van der Waals surface area contributed by atoms with Gasteiger partial charge in [0.05, 0.1) is 0 Å². The van der Waals surface area contributed by atoms with Crippen molar-refractivity contribution in [2.45, 2.75) is 25.5 Å². The van der Waals surface area contributed by atoms with Gasteiger partial charge in [-0.15, -0.1) is 0 Å². The molecule has 0 rings (SSSR count). The van der Waals surface area contributed by atoms with E-state index < -0.39 is 16.6 Å². The summed E-state index contributed by atoms with van der Waals surface area (Å²) in [7, 11) is 0. The summed E-state index contributed by atoms with van der Waals surface area (Å²) in [4.78, 5) is 19.3. The Labute approximate surface area is 57.8 Å². The van der Waals surface area contributed by atoms with Crippen molar-refractivity contribution in [3.05, 3.63) is 10.1 Å². The number of hydrogen-bond acceptors (Lipinski definition) is 4. The molecule has 0 aliphatic rings. The number of carbonyl (C=O) groups excluding carboxylic acids is 1. The van der Waals surface area contributed by atoms with E-state index >= 15 is 0 Å². The van der Waals surface area contributed by atoms with Crippen molar-refractivity contribution in [3.8, 4) is 0 Å². The van der Waals surface area contributed by atoms with Gasteiger partial charge in [0.2, 0.25) is 5.54 Å². The second-order valence-corrected chi connectivity index (χ2v) is 2.49. The first-order valence-corrected chi connectivity index (χ1v) is 2.70. The third kappa shape index (κ3) is 1.51. The Balaban J connectivity index is 4.38. The van der Waals surface area contributed by atoms with E-state index in [-0.39, 0.29) is 6.29 Å². The van der Waals surface area contributed by atoms with Gasteiger partial charge in [-0.05, 0) is 0 Å². The van der Waals surface area contributed by atoms with Crippen LogP contribution in [0.15, 0.2) is 0 Å². The summed E-state index contributed by atoms with van der Waals surface area (Å²) < 4.78 is 0. The lowest BCUT2D eigenvalue weighted by Gasteiger charge is -2.16. The fourth-order valence-electron chi connectivity index (χ4n) is 0.275. The zero-order chi connectivity index (χ0) is 8.36. The first-order valence-electron chi connectivity index (χ1n) is 2.70. The normalized spacial score (nSPS) is 14.3. The molecule has 10 heavy (non-hydrogen) atoms. The summed E-state index contributed by atoms with van der Waals surface area (Å²) in [6.45, 7) is 2.37. The molecule has 0 aromatic rings. The molecular formula is C5H9NO4. The second kappa shape index (κ2) is 2.74. The number of aliphatic hydroxyl groups is 1. The lowest BCUT2D eigenvalue weighted by Crippen LogP contribution is -2.44. The number of carbonyl (C=O) groups is 1.